The Bertz CT molecular complexity index is 2620. The number of carbonyl (C=O) groups is 1. The molecule has 15 heteroatoms. The first-order valence-corrected chi connectivity index (χ1v) is 22.5. The van der Waals surface area contributed by atoms with Gasteiger partial charge in [-0.25, -0.2) is 14.6 Å². The van der Waals surface area contributed by atoms with E-state index >= 15 is 0 Å². The molecule has 4 aromatic carbocycles. The predicted octanol–water partition coefficient (Wildman–Crippen LogP) is 8.55. The van der Waals surface area contributed by atoms with Gasteiger partial charge in [0.15, 0.2) is 16.7 Å². The van der Waals surface area contributed by atoms with Gasteiger partial charge < -0.3 is 33.0 Å². The Labute approximate surface area is 367 Å². The summed E-state index contributed by atoms with van der Waals surface area (Å²) in [5, 5.41) is 9.52. The van der Waals surface area contributed by atoms with Gasteiger partial charge in [0, 0.05) is 41.6 Å². The Morgan fingerprint density at radius 1 is 0.952 bits per heavy atom. The van der Waals surface area contributed by atoms with Crippen LogP contribution < -0.4 is 10.2 Å². The quantitative estimate of drug-likeness (QED) is 0.0779. The summed E-state index contributed by atoms with van der Waals surface area (Å²) < 4.78 is 46.3. The molecule has 2 bridgehead atoms. The number of nitrogens with zero attached hydrogens (tertiary/aromatic N) is 6. The van der Waals surface area contributed by atoms with E-state index in [4.69, 9.17) is 28.0 Å². The van der Waals surface area contributed by atoms with Gasteiger partial charge >= 0.3 is 0 Å². The number of aromatic nitrogens is 4. The molecule has 0 spiro atoms. The van der Waals surface area contributed by atoms with Crippen LogP contribution in [0.1, 0.15) is 74.0 Å². The number of rotatable bonds is 15. The highest BCUT2D eigenvalue weighted by Gasteiger charge is 2.64. The fraction of sp³-hybridized carbons (Fsp3) is 0.354. The van der Waals surface area contributed by atoms with E-state index in [0.29, 0.717) is 53.2 Å². The minimum atomic E-state index is -1.71. The number of ether oxygens (including phenoxy) is 4. The van der Waals surface area contributed by atoms with E-state index in [1.165, 1.54) is 6.33 Å². The molecule has 1 saturated carbocycles. The fourth-order valence-electron chi connectivity index (χ4n) is 9.16. The first kappa shape index (κ1) is 42.7. The van der Waals surface area contributed by atoms with Crippen molar-refractivity contribution in [1.82, 2.24) is 24.2 Å². The number of para-hydroxylation sites is 2. The molecule has 1 amide bonds. The number of benzene rings is 4. The Kier molecular flexibility index (Phi) is 12.4. The Hall–Kier alpha value is -5.62. The zero-order valence-corrected chi connectivity index (χ0v) is 36.6. The van der Waals surface area contributed by atoms with Gasteiger partial charge in [0.1, 0.15) is 41.8 Å². The lowest BCUT2D eigenvalue weighted by Gasteiger charge is -2.49. The number of fused-ring (bicyclic) bond motifs is 5. The molecule has 1 aliphatic carbocycles. The van der Waals surface area contributed by atoms with Gasteiger partial charge in [-0.1, -0.05) is 84.9 Å². The monoisotopic (exact) mass is 867 g/mol. The van der Waals surface area contributed by atoms with Crippen LogP contribution in [0.5, 0.6) is 11.5 Å². The van der Waals surface area contributed by atoms with Crippen molar-refractivity contribution < 1.29 is 32.8 Å². The zero-order chi connectivity index (χ0) is 43.6. The van der Waals surface area contributed by atoms with Crippen molar-refractivity contribution in [2.45, 2.75) is 95.3 Å². The summed E-state index contributed by atoms with van der Waals surface area (Å²) in [6, 6.07) is 37.4. The zero-order valence-electron chi connectivity index (χ0n) is 35.7. The van der Waals surface area contributed by atoms with Crippen LogP contribution in [-0.2, 0) is 35.6 Å². The van der Waals surface area contributed by atoms with Crippen LogP contribution in [0.25, 0.3) is 11.2 Å². The summed E-state index contributed by atoms with van der Waals surface area (Å²) in [7, 11) is -1.71. The molecule has 5 atom stereocenters. The highest BCUT2D eigenvalue weighted by atomic mass is 31.2. The van der Waals surface area contributed by atoms with Crippen molar-refractivity contribution in [2.75, 3.05) is 13.2 Å². The van der Waals surface area contributed by atoms with Gasteiger partial charge in [0.25, 0.3) is 14.4 Å². The second kappa shape index (κ2) is 18.2. The van der Waals surface area contributed by atoms with E-state index in [0.717, 1.165) is 16.7 Å². The first-order chi connectivity index (χ1) is 30.7. The highest BCUT2D eigenvalue weighted by Crippen LogP contribution is 2.59. The number of imidazole rings is 1. The van der Waals surface area contributed by atoms with Gasteiger partial charge in [-0.2, -0.15) is 10.3 Å². The molecule has 14 nitrogen and oxygen atoms in total. The van der Waals surface area contributed by atoms with Gasteiger partial charge in [0.05, 0.1) is 44.2 Å². The van der Waals surface area contributed by atoms with Crippen LogP contribution in [-0.4, -0.2) is 79.3 Å². The fourth-order valence-corrected chi connectivity index (χ4v) is 10.9. The third-order valence-corrected chi connectivity index (χ3v) is 14.0. The lowest BCUT2D eigenvalue weighted by atomic mass is 9.77. The Morgan fingerprint density at radius 3 is 2.30 bits per heavy atom. The van der Waals surface area contributed by atoms with E-state index in [9.17, 15) is 10.1 Å². The van der Waals surface area contributed by atoms with Crippen LogP contribution >= 0.6 is 8.53 Å². The second-order valence-corrected chi connectivity index (χ2v) is 17.8. The molecule has 6 aromatic rings. The van der Waals surface area contributed by atoms with E-state index in [1.54, 1.807) is 35.2 Å². The van der Waals surface area contributed by atoms with Gasteiger partial charge in [-0.3, -0.25) is 9.36 Å². The Morgan fingerprint density at radius 2 is 1.62 bits per heavy atom. The lowest BCUT2D eigenvalue weighted by Crippen LogP contribution is -2.59. The summed E-state index contributed by atoms with van der Waals surface area (Å²) in [5.41, 5.74) is 1.87. The van der Waals surface area contributed by atoms with Crippen LogP contribution in [0.15, 0.2) is 127 Å². The maximum atomic E-state index is 13.7. The number of hydrogen-bond acceptors (Lipinski definition) is 11. The molecule has 1 unspecified atom stereocenters. The molecule has 2 aromatic heterocycles. The van der Waals surface area contributed by atoms with Gasteiger partial charge in [0.2, 0.25) is 0 Å². The second-order valence-electron chi connectivity index (χ2n) is 16.4. The average molecular weight is 868 g/mol. The van der Waals surface area contributed by atoms with E-state index in [2.05, 4.69) is 82.6 Å². The van der Waals surface area contributed by atoms with E-state index < -0.39 is 43.9 Å². The molecule has 4 heterocycles. The SMILES string of the molecule is CC(C)N(C(C)C)P(OCCC#N)O[C@@H]1C[C@@H]2OCC[C@@]1(OCn1cnc3nc[nH]c3c1=NC(=O)c1ccccc1)[C@@H]2OC1(c2ccccc2)c2ccccc2Oc2ccccc21. The van der Waals surface area contributed by atoms with Crippen molar-refractivity contribution in [3.63, 3.8) is 0 Å². The lowest BCUT2D eigenvalue weighted by molar-refractivity contribution is -0.248. The molecular weight excluding hydrogens is 818 g/mol. The first-order valence-electron chi connectivity index (χ1n) is 21.4. The summed E-state index contributed by atoms with van der Waals surface area (Å²) >= 11 is 0. The highest BCUT2D eigenvalue weighted by molar-refractivity contribution is 7.44. The number of nitriles is 1. The maximum absolute atomic E-state index is 13.7. The number of aromatic amines is 1. The topological polar surface area (TPSA) is 158 Å². The molecular formula is C48H50N7O7P. The van der Waals surface area contributed by atoms with E-state index in [-0.39, 0.29) is 31.8 Å². The minimum Gasteiger partial charge on any atom is -0.457 e. The molecule has 9 rings (SSSR count). The van der Waals surface area contributed by atoms with Crippen molar-refractivity contribution in [3.8, 4) is 17.6 Å². The van der Waals surface area contributed by atoms with Crippen molar-refractivity contribution >= 4 is 25.6 Å². The van der Waals surface area contributed by atoms with Gasteiger partial charge in [-0.15, -0.1) is 0 Å². The molecule has 324 valence electrons. The largest absolute Gasteiger partial charge is 0.457 e. The molecule has 0 radical (unpaired) electrons. The van der Waals surface area contributed by atoms with Crippen molar-refractivity contribution in [3.05, 3.63) is 150 Å². The number of nitrogens with one attached hydrogen (secondary N) is 1. The molecule has 1 saturated heterocycles. The summed E-state index contributed by atoms with van der Waals surface area (Å²) in [6.45, 7) is 8.94. The number of carbonyl (C=O) groups excluding carboxylic acids is 1. The molecule has 2 fully saturated rings. The summed E-state index contributed by atoms with van der Waals surface area (Å²) in [4.78, 5) is 30.4. The molecule has 2 aliphatic heterocycles. The van der Waals surface area contributed by atoms with Crippen molar-refractivity contribution in [1.29, 1.82) is 5.26 Å². The molecule has 63 heavy (non-hydrogen) atoms. The van der Waals surface area contributed by atoms with Crippen LogP contribution in [0.4, 0.5) is 0 Å². The maximum Gasteiger partial charge on any atom is 0.279 e. The van der Waals surface area contributed by atoms with Crippen LogP contribution in [0.3, 0.4) is 0 Å². The standard InChI is InChI=1S/C48H50N7O7P/c1-32(2)55(33(3)4)63(59-26-15-25-49)62-41-28-40-43(61-48(35-18-9-6-10-19-35)36-20-11-13-22-38(36)60-39-23-14-12-21-37(39)48)47(41,24-27-57-40)58-31-54-30-52-44-42(50-29-51-44)45(54)53-46(56)34-16-7-5-8-17-34/h5-14,16-23,29-30,32-33,40-41,43H,15,24,26-28,31H2,1-4H3,(H,50,51)/t40-,41+,43+,47-,63?/m0/s1. The molecule has 1 N–H and O–H groups in total. The summed E-state index contributed by atoms with van der Waals surface area (Å²) in [5.74, 6) is 0.924. The number of H-pyrrole nitrogens is 1. The van der Waals surface area contributed by atoms with E-state index in [1.807, 2.05) is 60.7 Å². The average Bonchev–Trinajstić information content (AvgIpc) is 3.83. The van der Waals surface area contributed by atoms with Crippen LogP contribution in [0.2, 0.25) is 0 Å². The molecule has 3 aliphatic rings. The number of hydrogen-bond donors (Lipinski definition) is 1. The van der Waals surface area contributed by atoms with Gasteiger partial charge in [-0.05, 0) is 57.5 Å². The predicted molar refractivity (Wildman–Crippen MR) is 235 cm³/mol. The van der Waals surface area contributed by atoms with Crippen LogP contribution in [0, 0.1) is 11.3 Å². The minimum absolute atomic E-state index is 0.0600. The smallest absolute Gasteiger partial charge is 0.279 e. The Balaban J connectivity index is 1.20. The number of amides is 1. The normalized spacial score (nSPS) is 21.9. The van der Waals surface area contributed by atoms with Crippen molar-refractivity contribution in [2.24, 2.45) is 4.99 Å². The third-order valence-electron chi connectivity index (χ3n) is 11.9. The summed E-state index contributed by atoms with van der Waals surface area (Å²) in [6.07, 6.45) is 2.32. The third kappa shape index (κ3) is 8.00.